The van der Waals surface area contributed by atoms with Gasteiger partial charge in [0.05, 0.1) is 34.2 Å². The lowest BCUT2D eigenvalue weighted by molar-refractivity contribution is -0.384. The van der Waals surface area contributed by atoms with Crippen LogP contribution < -0.4 is 4.90 Å². The zero-order valence-electron chi connectivity index (χ0n) is 25.4. The van der Waals surface area contributed by atoms with Crippen molar-refractivity contribution in [2.45, 2.75) is 45.5 Å². The van der Waals surface area contributed by atoms with E-state index in [0.29, 0.717) is 24.8 Å². The number of aromatic hydroxyl groups is 1. The highest BCUT2D eigenvalue weighted by atomic mass is 79.9. The van der Waals surface area contributed by atoms with Crippen molar-refractivity contribution in [2.75, 3.05) is 4.90 Å². The maximum absolute atomic E-state index is 14.0. The van der Waals surface area contributed by atoms with Gasteiger partial charge in [0.15, 0.2) is 0 Å². The average Bonchev–Trinajstić information content (AvgIpc) is 3.29. The second kappa shape index (κ2) is 12.9. The van der Waals surface area contributed by atoms with Gasteiger partial charge in [-0.3, -0.25) is 24.7 Å². The zero-order valence-corrected chi connectivity index (χ0v) is 27.0. The molecule has 12 heteroatoms. The number of aromatic nitrogens is 1. The minimum atomic E-state index is -1.14. The van der Waals surface area contributed by atoms with Crippen molar-refractivity contribution in [2.24, 2.45) is 23.7 Å². The number of fused-ring (bicyclic) bond motifs is 3. The Balaban J connectivity index is 1.35. The quantitative estimate of drug-likeness (QED) is 0.0907. The summed E-state index contributed by atoms with van der Waals surface area (Å²) in [5.41, 5.74) is 4.18. The SMILES string of the molecule is CC(C)C1=C2[C@@H](CC/C(=C/c3cc(Br)ccc3O)c3ccccn3)OB(O)C[C@@H]2[C@@H]2C(=O)N(c3cccc([N+](=O)[O-])c3)C(=O)[C@@H]2C1. The van der Waals surface area contributed by atoms with Crippen LogP contribution in [0.25, 0.3) is 11.6 Å². The van der Waals surface area contributed by atoms with Gasteiger partial charge in [0.25, 0.3) is 5.69 Å². The smallest absolute Gasteiger partial charge is 0.455 e. The van der Waals surface area contributed by atoms with Crippen LogP contribution in [-0.2, 0) is 14.2 Å². The number of hydrogen-bond acceptors (Lipinski definition) is 8. The summed E-state index contributed by atoms with van der Waals surface area (Å²) in [5, 5.41) is 33.0. The molecule has 1 aliphatic carbocycles. The number of anilines is 1. The van der Waals surface area contributed by atoms with E-state index in [1.54, 1.807) is 18.3 Å². The molecule has 236 valence electrons. The zero-order chi connectivity index (χ0) is 32.7. The van der Waals surface area contributed by atoms with Gasteiger partial charge in [0.2, 0.25) is 11.8 Å². The lowest BCUT2D eigenvalue weighted by atomic mass is 9.57. The summed E-state index contributed by atoms with van der Waals surface area (Å²) in [6, 6.07) is 16.4. The Morgan fingerprint density at radius 3 is 2.67 bits per heavy atom. The van der Waals surface area contributed by atoms with Crippen LogP contribution in [0.3, 0.4) is 0 Å². The summed E-state index contributed by atoms with van der Waals surface area (Å²) in [4.78, 5) is 44.4. The standard InChI is InChI=1S/C34H33BBrN3O7/c1-19(2)25-17-26-32(34(42)38(33(26)41)23-6-5-7-24(16-23)39(44)45)27-18-35(43)46-30(31(25)27)12-9-20(28-8-3-4-13-37-28)14-21-15-22(36)10-11-29(21)40/h3-8,10-11,13-16,19,26-27,30,32,40,43H,9,12,17-18H2,1-2H3/b20-14-/t26-,27+,30-,32-/m1/s1. The minimum Gasteiger partial charge on any atom is -0.507 e. The maximum atomic E-state index is 14.0. The summed E-state index contributed by atoms with van der Waals surface area (Å²) in [7, 11) is -1.14. The molecule has 0 bridgehead atoms. The number of nitrogens with zero attached hydrogens (tertiary/aromatic N) is 3. The van der Waals surface area contributed by atoms with E-state index >= 15 is 0 Å². The van der Waals surface area contributed by atoms with Crippen LogP contribution in [0.2, 0.25) is 6.32 Å². The van der Waals surface area contributed by atoms with Crippen molar-refractivity contribution in [1.29, 1.82) is 0 Å². The predicted molar refractivity (Wildman–Crippen MR) is 177 cm³/mol. The largest absolute Gasteiger partial charge is 0.507 e. The summed E-state index contributed by atoms with van der Waals surface area (Å²) in [6.45, 7) is 4.10. The molecule has 46 heavy (non-hydrogen) atoms. The van der Waals surface area contributed by atoms with E-state index in [1.165, 1.54) is 24.3 Å². The number of pyridine rings is 1. The van der Waals surface area contributed by atoms with Gasteiger partial charge >= 0.3 is 7.12 Å². The summed E-state index contributed by atoms with van der Waals surface area (Å²) in [5.74, 6) is -2.38. The van der Waals surface area contributed by atoms with Crippen LogP contribution in [-0.4, -0.2) is 45.1 Å². The normalized spacial score (nSPS) is 23.2. The number of amides is 2. The highest BCUT2D eigenvalue weighted by Crippen LogP contribution is 2.52. The fraction of sp³-hybridized carbons (Fsp3) is 0.324. The number of phenolic OH excluding ortho intramolecular Hbond substituents is 1. The van der Waals surface area contributed by atoms with Gasteiger partial charge in [-0.1, -0.05) is 47.5 Å². The molecule has 2 aromatic carbocycles. The van der Waals surface area contributed by atoms with Crippen LogP contribution in [0.1, 0.15) is 44.4 Å². The third-order valence-electron chi connectivity index (χ3n) is 9.23. The van der Waals surface area contributed by atoms with Crippen molar-refractivity contribution < 1.29 is 29.3 Å². The number of hydrogen-bond donors (Lipinski definition) is 2. The molecule has 3 heterocycles. The lowest BCUT2D eigenvalue weighted by Crippen LogP contribution is -2.46. The van der Waals surface area contributed by atoms with Gasteiger partial charge in [-0.15, -0.1) is 0 Å². The van der Waals surface area contributed by atoms with E-state index < -0.39 is 41.8 Å². The molecule has 2 fully saturated rings. The fourth-order valence-electron chi connectivity index (χ4n) is 7.19. The van der Waals surface area contributed by atoms with E-state index in [-0.39, 0.29) is 35.3 Å². The molecule has 0 unspecified atom stereocenters. The molecule has 4 atom stereocenters. The Hall–Kier alpha value is -4.13. The second-order valence-corrected chi connectivity index (χ2v) is 13.2. The van der Waals surface area contributed by atoms with E-state index in [2.05, 4.69) is 34.8 Å². The van der Waals surface area contributed by atoms with Gasteiger partial charge in [-0.25, -0.2) is 4.90 Å². The van der Waals surface area contributed by atoms with Crippen LogP contribution in [0.15, 0.2) is 82.5 Å². The third-order valence-corrected chi connectivity index (χ3v) is 9.72. The number of imide groups is 1. The number of carbonyl (C=O) groups excluding carboxylic acids is 2. The first-order chi connectivity index (χ1) is 22.0. The van der Waals surface area contributed by atoms with E-state index in [1.807, 2.05) is 30.3 Å². The number of allylic oxidation sites excluding steroid dienone is 2. The molecule has 1 aromatic heterocycles. The Morgan fingerprint density at radius 2 is 1.96 bits per heavy atom. The summed E-state index contributed by atoms with van der Waals surface area (Å²) < 4.78 is 7.00. The Labute approximate surface area is 275 Å². The molecule has 3 aromatic rings. The number of rotatable bonds is 8. The average molecular weight is 686 g/mol. The number of phenols is 1. The van der Waals surface area contributed by atoms with Gasteiger partial charge in [0, 0.05) is 28.4 Å². The number of nitro benzene ring substituents is 1. The third kappa shape index (κ3) is 6.04. The Bertz CT molecular complexity index is 1760. The molecule has 0 radical (unpaired) electrons. The molecule has 2 saturated heterocycles. The Morgan fingerprint density at radius 1 is 1.15 bits per heavy atom. The van der Waals surface area contributed by atoms with E-state index in [4.69, 9.17) is 4.65 Å². The monoisotopic (exact) mass is 685 g/mol. The predicted octanol–water partition coefficient (Wildman–Crippen LogP) is 6.44. The summed E-state index contributed by atoms with van der Waals surface area (Å²) >= 11 is 3.47. The van der Waals surface area contributed by atoms with Crippen molar-refractivity contribution >= 4 is 57.9 Å². The molecule has 6 rings (SSSR count). The first-order valence-electron chi connectivity index (χ1n) is 15.3. The van der Waals surface area contributed by atoms with Crippen LogP contribution in [0.5, 0.6) is 5.75 Å². The molecular formula is C34H33BBrN3O7. The first-order valence-corrected chi connectivity index (χ1v) is 16.1. The minimum absolute atomic E-state index is 0.0546. The van der Waals surface area contributed by atoms with Crippen molar-refractivity contribution in [3.63, 3.8) is 0 Å². The Kier molecular flexibility index (Phi) is 8.96. The molecule has 10 nitrogen and oxygen atoms in total. The molecule has 2 aliphatic heterocycles. The number of carbonyl (C=O) groups is 2. The molecule has 0 spiro atoms. The summed E-state index contributed by atoms with van der Waals surface area (Å²) in [6.07, 6.45) is 4.56. The molecule has 2 amide bonds. The van der Waals surface area contributed by atoms with Gasteiger partial charge in [-0.2, -0.15) is 0 Å². The van der Waals surface area contributed by atoms with Gasteiger partial charge in [0.1, 0.15) is 5.75 Å². The number of non-ortho nitro benzene ring substituents is 1. The lowest BCUT2D eigenvalue weighted by Gasteiger charge is -2.44. The number of benzene rings is 2. The van der Waals surface area contributed by atoms with Crippen molar-refractivity contribution in [3.05, 3.63) is 104 Å². The van der Waals surface area contributed by atoms with Crippen molar-refractivity contribution in [3.8, 4) is 5.75 Å². The number of nitro groups is 1. The molecule has 0 saturated carbocycles. The van der Waals surface area contributed by atoms with E-state index in [0.717, 1.165) is 31.8 Å². The second-order valence-electron chi connectivity index (χ2n) is 12.3. The molecule has 2 N–H and O–H groups in total. The van der Waals surface area contributed by atoms with Crippen LogP contribution >= 0.6 is 15.9 Å². The number of halogens is 1. The molecule has 3 aliphatic rings. The highest BCUT2D eigenvalue weighted by molar-refractivity contribution is 9.10. The van der Waals surface area contributed by atoms with E-state index in [9.17, 15) is 29.8 Å². The topological polar surface area (TPSA) is 143 Å². The van der Waals surface area contributed by atoms with Gasteiger partial charge < -0.3 is 14.8 Å². The van der Waals surface area contributed by atoms with Crippen molar-refractivity contribution in [1.82, 2.24) is 4.98 Å². The maximum Gasteiger partial charge on any atom is 0.455 e. The highest BCUT2D eigenvalue weighted by Gasteiger charge is 2.58. The molecular weight excluding hydrogens is 653 g/mol. The van der Waals surface area contributed by atoms with Gasteiger partial charge in [-0.05, 0) is 91.0 Å². The van der Waals surface area contributed by atoms with Crippen LogP contribution in [0, 0.1) is 33.8 Å². The fourth-order valence-corrected chi connectivity index (χ4v) is 7.57. The first kappa shape index (κ1) is 31.8. The van der Waals surface area contributed by atoms with Crippen LogP contribution in [0.4, 0.5) is 11.4 Å².